The molecule has 0 aliphatic rings. The quantitative estimate of drug-likeness (QED) is 0.150. The highest BCUT2D eigenvalue weighted by Crippen LogP contribution is 2.26. The number of hydrogen-bond acceptors (Lipinski definition) is 6. The normalized spacial score (nSPS) is 11.1. The minimum atomic E-state index is -0.304. The van der Waals surface area contributed by atoms with Crippen LogP contribution in [0.15, 0.2) is 54.6 Å². The number of benzene rings is 2. The summed E-state index contributed by atoms with van der Waals surface area (Å²) >= 11 is 0. The average molecular weight is 468 g/mol. The van der Waals surface area contributed by atoms with Gasteiger partial charge in [-0.05, 0) is 55.7 Å². The highest BCUT2D eigenvalue weighted by atomic mass is 16.5. The molecule has 34 heavy (non-hydrogen) atoms. The fraction of sp³-hybridized carbons (Fsp3) is 0.393. The van der Waals surface area contributed by atoms with E-state index in [0.29, 0.717) is 36.0 Å². The van der Waals surface area contributed by atoms with Gasteiger partial charge in [0, 0.05) is 22.9 Å². The lowest BCUT2D eigenvalue weighted by atomic mass is 10.1. The van der Waals surface area contributed by atoms with Crippen LogP contribution in [0.2, 0.25) is 0 Å². The summed E-state index contributed by atoms with van der Waals surface area (Å²) in [5, 5.41) is 0. The summed E-state index contributed by atoms with van der Waals surface area (Å²) < 4.78 is 21.6. The summed E-state index contributed by atoms with van der Waals surface area (Å²) in [6.07, 6.45) is 8.28. The van der Waals surface area contributed by atoms with Gasteiger partial charge in [0.1, 0.15) is 17.2 Å². The third kappa shape index (κ3) is 9.61. The zero-order chi connectivity index (χ0) is 24.8. The molecule has 0 aliphatic heterocycles. The number of rotatable bonds is 15. The number of hydrogen-bond donors (Lipinski definition) is 1. The van der Waals surface area contributed by atoms with Gasteiger partial charge >= 0.3 is 5.97 Å². The van der Waals surface area contributed by atoms with Crippen molar-refractivity contribution in [2.24, 2.45) is 5.73 Å². The Morgan fingerprint density at radius 2 is 1.41 bits per heavy atom. The Labute approximate surface area is 203 Å². The molecule has 2 N–H and O–H groups in total. The van der Waals surface area contributed by atoms with E-state index in [-0.39, 0.29) is 5.97 Å². The molecule has 0 unspecified atom stereocenters. The lowest BCUT2D eigenvalue weighted by Gasteiger charge is -2.09. The van der Waals surface area contributed by atoms with E-state index < -0.39 is 0 Å². The SMILES string of the molecule is C=C(C)C(=O)OCCCCCCCCOc1ccc(/C=C(\N)c2cc(OC)cc(OC)c2)cc1. The molecular weight excluding hydrogens is 430 g/mol. The van der Waals surface area contributed by atoms with E-state index in [9.17, 15) is 4.79 Å². The van der Waals surface area contributed by atoms with Crippen LogP contribution in [0.3, 0.4) is 0 Å². The van der Waals surface area contributed by atoms with Gasteiger partial charge in [-0.15, -0.1) is 0 Å². The second kappa shape index (κ2) is 14.7. The van der Waals surface area contributed by atoms with E-state index in [1.807, 2.05) is 48.5 Å². The molecule has 2 aromatic carbocycles. The molecule has 0 aliphatic carbocycles. The Morgan fingerprint density at radius 3 is 1.97 bits per heavy atom. The summed E-state index contributed by atoms with van der Waals surface area (Å²) in [4.78, 5) is 11.3. The lowest BCUT2D eigenvalue weighted by molar-refractivity contribution is -0.139. The first-order chi connectivity index (χ1) is 16.4. The number of nitrogens with two attached hydrogens (primary N) is 1. The molecule has 0 heterocycles. The Bertz CT molecular complexity index is 928. The van der Waals surface area contributed by atoms with Crippen molar-refractivity contribution >= 4 is 17.7 Å². The maximum absolute atomic E-state index is 11.3. The van der Waals surface area contributed by atoms with Gasteiger partial charge < -0.3 is 24.7 Å². The molecule has 6 nitrogen and oxygen atoms in total. The number of unbranched alkanes of at least 4 members (excludes halogenated alkanes) is 5. The van der Waals surface area contributed by atoms with Crippen molar-refractivity contribution in [1.82, 2.24) is 0 Å². The molecular formula is C28H37NO5. The smallest absolute Gasteiger partial charge is 0.333 e. The first-order valence-electron chi connectivity index (χ1n) is 11.7. The predicted octanol–water partition coefficient (Wildman–Crippen LogP) is 6.00. The average Bonchev–Trinajstić information content (AvgIpc) is 2.85. The van der Waals surface area contributed by atoms with Crippen LogP contribution in [0.25, 0.3) is 11.8 Å². The largest absolute Gasteiger partial charge is 0.497 e. The molecule has 2 aromatic rings. The van der Waals surface area contributed by atoms with Gasteiger partial charge in [-0.1, -0.05) is 44.4 Å². The third-order valence-corrected chi connectivity index (χ3v) is 5.28. The molecule has 0 amide bonds. The molecule has 6 heteroatoms. The molecule has 0 saturated heterocycles. The van der Waals surface area contributed by atoms with Crippen LogP contribution in [-0.2, 0) is 9.53 Å². The van der Waals surface area contributed by atoms with Crippen molar-refractivity contribution < 1.29 is 23.7 Å². The number of carbonyl (C=O) groups excluding carboxylic acids is 1. The summed E-state index contributed by atoms with van der Waals surface area (Å²) in [7, 11) is 3.23. The number of esters is 1. The highest BCUT2D eigenvalue weighted by Gasteiger charge is 2.05. The number of methoxy groups -OCH3 is 2. The van der Waals surface area contributed by atoms with E-state index in [1.54, 1.807) is 21.1 Å². The summed E-state index contributed by atoms with van der Waals surface area (Å²) in [6.45, 7) is 6.39. The van der Waals surface area contributed by atoms with Gasteiger partial charge in [-0.2, -0.15) is 0 Å². The topological polar surface area (TPSA) is 80.0 Å². The first kappa shape index (κ1) is 26.8. The standard InChI is InChI=1S/C28H37NO5/c1-21(2)28(30)34-16-10-8-6-5-7-9-15-33-24-13-11-22(12-14-24)17-27(29)23-18-25(31-3)20-26(19-23)32-4/h11-14,17-20H,1,5-10,15-16,29H2,2-4H3/b27-17-. The molecule has 0 atom stereocenters. The van der Waals surface area contributed by atoms with Crippen molar-refractivity contribution in [3.63, 3.8) is 0 Å². The van der Waals surface area contributed by atoms with Crippen molar-refractivity contribution in [2.45, 2.75) is 45.4 Å². The minimum Gasteiger partial charge on any atom is -0.497 e. The monoisotopic (exact) mass is 467 g/mol. The second-order valence-electron chi connectivity index (χ2n) is 8.16. The van der Waals surface area contributed by atoms with Gasteiger partial charge in [0.05, 0.1) is 27.4 Å². The lowest BCUT2D eigenvalue weighted by Crippen LogP contribution is -2.06. The van der Waals surface area contributed by atoms with Crippen LogP contribution in [0.5, 0.6) is 17.2 Å². The predicted molar refractivity (Wildman–Crippen MR) is 137 cm³/mol. The molecule has 0 fully saturated rings. The fourth-order valence-corrected chi connectivity index (χ4v) is 3.29. The van der Waals surface area contributed by atoms with Gasteiger partial charge in [0.15, 0.2) is 0 Å². The van der Waals surface area contributed by atoms with Crippen LogP contribution in [0, 0.1) is 0 Å². The maximum atomic E-state index is 11.3. The molecule has 184 valence electrons. The number of carbonyl (C=O) groups is 1. The van der Waals surface area contributed by atoms with Crippen LogP contribution in [0.4, 0.5) is 0 Å². The van der Waals surface area contributed by atoms with E-state index in [1.165, 1.54) is 0 Å². The van der Waals surface area contributed by atoms with E-state index in [2.05, 4.69) is 6.58 Å². The molecule has 0 bridgehead atoms. The highest BCUT2D eigenvalue weighted by molar-refractivity contribution is 5.86. The van der Waals surface area contributed by atoms with Crippen molar-refractivity contribution in [2.75, 3.05) is 27.4 Å². The van der Waals surface area contributed by atoms with E-state index >= 15 is 0 Å². The molecule has 2 rings (SSSR count). The Balaban J connectivity index is 1.67. The van der Waals surface area contributed by atoms with Gasteiger partial charge in [0.2, 0.25) is 0 Å². The van der Waals surface area contributed by atoms with Gasteiger partial charge in [-0.3, -0.25) is 0 Å². The zero-order valence-corrected chi connectivity index (χ0v) is 20.6. The van der Waals surface area contributed by atoms with Crippen molar-refractivity contribution in [3.05, 3.63) is 65.7 Å². The minimum absolute atomic E-state index is 0.304. The second-order valence-corrected chi connectivity index (χ2v) is 8.16. The Morgan fingerprint density at radius 1 is 0.853 bits per heavy atom. The van der Waals surface area contributed by atoms with Crippen molar-refractivity contribution in [1.29, 1.82) is 0 Å². The summed E-state index contributed by atoms with van der Waals surface area (Å²) in [5.41, 5.74) is 9.19. The molecule has 0 spiro atoms. The molecule has 0 saturated carbocycles. The van der Waals surface area contributed by atoms with Crippen LogP contribution in [-0.4, -0.2) is 33.4 Å². The maximum Gasteiger partial charge on any atom is 0.333 e. The molecule has 0 radical (unpaired) electrons. The van der Waals surface area contributed by atoms with E-state index in [4.69, 9.17) is 24.7 Å². The van der Waals surface area contributed by atoms with Gasteiger partial charge in [-0.25, -0.2) is 4.79 Å². The van der Waals surface area contributed by atoms with Crippen LogP contribution in [0.1, 0.15) is 56.6 Å². The fourth-order valence-electron chi connectivity index (χ4n) is 3.29. The van der Waals surface area contributed by atoms with Gasteiger partial charge in [0.25, 0.3) is 0 Å². The van der Waals surface area contributed by atoms with E-state index in [0.717, 1.165) is 55.4 Å². The molecule has 0 aromatic heterocycles. The Kier molecular flexibility index (Phi) is 11.6. The first-order valence-corrected chi connectivity index (χ1v) is 11.7. The van der Waals surface area contributed by atoms with Crippen molar-refractivity contribution in [3.8, 4) is 17.2 Å². The Hall–Kier alpha value is -3.41. The third-order valence-electron chi connectivity index (χ3n) is 5.28. The zero-order valence-electron chi connectivity index (χ0n) is 20.6. The summed E-state index contributed by atoms with van der Waals surface area (Å²) in [6, 6.07) is 13.5. The van der Waals surface area contributed by atoms with Crippen LogP contribution < -0.4 is 19.9 Å². The summed E-state index contributed by atoms with van der Waals surface area (Å²) in [5.74, 6) is 1.93. The van der Waals surface area contributed by atoms with Crippen LogP contribution >= 0.6 is 0 Å². The number of ether oxygens (including phenoxy) is 4.